The predicted octanol–water partition coefficient (Wildman–Crippen LogP) is 1.02. The number of ketones is 1. The first kappa shape index (κ1) is 14.0. The van der Waals surface area contributed by atoms with Crippen molar-refractivity contribution in [3.8, 4) is 5.75 Å². The molecule has 2 heterocycles. The predicted molar refractivity (Wildman–Crippen MR) is 70.4 cm³/mol. The van der Waals surface area contributed by atoms with E-state index in [-0.39, 0.29) is 17.9 Å². The van der Waals surface area contributed by atoms with Crippen LogP contribution < -0.4 is 10.5 Å². The van der Waals surface area contributed by atoms with Gasteiger partial charge >= 0.3 is 0 Å². The average Bonchev–Trinajstić information content (AvgIpc) is 2.93. The lowest BCUT2D eigenvalue weighted by molar-refractivity contribution is 0.0750. The van der Waals surface area contributed by atoms with E-state index in [4.69, 9.17) is 15.2 Å². The molecule has 19 heavy (non-hydrogen) atoms. The minimum Gasteiger partial charge on any atom is -0.493 e. The maximum Gasteiger partial charge on any atom is 0.194 e. The molecule has 6 heteroatoms. The van der Waals surface area contributed by atoms with Crippen molar-refractivity contribution in [2.45, 2.75) is 32.9 Å². The van der Waals surface area contributed by atoms with Crippen molar-refractivity contribution in [3.63, 3.8) is 0 Å². The zero-order valence-corrected chi connectivity index (χ0v) is 11.8. The third-order valence-electron chi connectivity index (χ3n) is 3.72. The van der Waals surface area contributed by atoms with Crippen molar-refractivity contribution in [3.05, 3.63) is 11.9 Å². The van der Waals surface area contributed by atoms with E-state index in [0.717, 1.165) is 0 Å². The summed E-state index contributed by atoms with van der Waals surface area (Å²) in [6.45, 7) is 6.51. The van der Waals surface area contributed by atoms with Gasteiger partial charge in [-0.25, -0.2) is 0 Å². The molecule has 0 aliphatic carbocycles. The summed E-state index contributed by atoms with van der Waals surface area (Å²) >= 11 is 0. The van der Waals surface area contributed by atoms with Crippen LogP contribution in [0.5, 0.6) is 5.75 Å². The number of rotatable bonds is 4. The Balaban J connectivity index is 2.46. The summed E-state index contributed by atoms with van der Waals surface area (Å²) in [6, 6.07) is -0.231. The first-order valence-electron chi connectivity index (χ1n) is 6.41. The number of carbonyl (C=O) groups excluding carboxylic acids is 1. The summed E-state index contributed by atoms with van der Waals surface area (Å²) in [5, 5.41) is 4.22. The highest BCUT2D eigenvalue weighted by molar-refractivity contribution is 6.02. The highest BCUT2D eigenvalue weighted by Gasteiger charge is 2.46. The number of hydrogen-bond acceptors (Lipinski definition) is 5. The van der Waals surface area contributed by atoms with Crippen LogP contribution in [-0.4, -0.2) is 41.9 Å². The summed E-state index contributed by atoms with van der Waals surface area (Å²) < 4.78 is 12.3. The van der Waals surface area contributed by atoms with Crippen molar-refractivity contribution in [1.29, 1.82) is 0 Å². The zero-order valence-electron chi connectivity index (χ0n) is 11.8. The van der Waals surface area contributed by atoms with E-state index in [1.54, 1.807) is 10.9 Å². The molecule has 0 saturated carbocycles. The lowest BCUT2D eigenvalue weighted by Gasteiger charge is -2.26. The number of nitrogens with zero attached hydrogens (tertiary/aromatic N) is 2. The Morgan fingerprint density at radius 3 is 2.84 bits per heavy atom. The third kappa shape index (κ3) is 2.15. The standard InChI is InChI=1S/C13H21N3O3/c1-8(2)16-11(9(18-4)5-15-16)12(17)13(3)7-19-6-10(13)14/h5,8,10H,6-7,14H2,1-4H3. The van der Waals surface area contributed by atoms with E-state index in [9.17, 15) is 4.79 Å². The van der Waals surface area contributed by atoms with Gasteiger partial charge in [-0.15, -0.1) is 0 Å². The lowest BCUT2D eigenvalue weighted by atomic mass is 9.80. The van der Waals surface area contributed by atoms with Crippen LogP contribution in [0.2, 0.25) is 0 Å². The van der Waals surface area contributed by atoms with E-state index in [0.29, 0.717) is 24.7 Å². The molecule has 1 aliphatic heterocycles. The van der Waals surface area contributed by atoms with Gasteiger partial charge in [-0.3, -0.25) is 9.48 Å². The van der Waals surface area contributed by atoms with Crippen LogP contribution in [0.1, 0.15) is 37.3 Å². The Kier molecular flexibility index (Phi) is 3.64. The molecule has 106 valence electrons. The highest BCUT2D eigenvalue weighted by atomic mass is 16.5. The average molecular weight is 267 g/mol. The monoisotopic (exact) mass is 267 g/mol. The Bertz CT molecular complexity index is 483. The summed E-state index contributed by atoms with van der Waals surface area (Å²) in [5.74, 6) is 0.416. The number of hydrogen-bond donors (Lipinski definition) is 1. The second-order valence-corrected chi connectivity index (χ2v) is 5.47. The van der Waals surface area contributed by atoms with Crippen LogP contribution in [-0.2, 0) is 4.74 Å². The highest BCUT2D eigenvalue weighted by Crippen LogP contribution is 2.35. The van der Waals surface area contributed by atoms with Gasteiger partial charge in [-0.1, -0.05) is 0 Å². The van der Waals surface area contributed by atoms with Crippen LogP contribution in [0.15, 0.2) is 6.20 Å². The molecule has 0 radical (unpaired) electrons. The number of Topliss-reactive ketones (excluding diaryl/α,β-unsaturated/α-hetero) is 1. The normalized spacial score (nSPS) is 26.9. The second kappa shape index (κ2) is 4.94. The van der Waals surface area contributed by atoms with Gasteiger partial charge < -0.3 is 15.2 Å². The fraction of sp³-hybridized carbons (Fsp3) is 0.692. The molecule has 0 spiro atoms. The van der Waals surface area contributed by atoms with Crippen LogP contribution in [0.25, 0.3) is 0 Å². The number of nitrogens with two attached hydrogens (primary N) is 1. The van der Waals surface area contributed by atoms with E-state index in [1.807, 2.05) is 20.8 Å². The van der Waals surface area contributed by atoms with Crippen molar-refractivity contribution >= 4 is 5.78 Å². The maximum atomic E-state index is 12.8. The molecule has 0 amide bonds. The van der Waals surface area contributed by atoms with Crippen molar-refractivity contribution in [1.82, 2.24) is 9.78 Å². The molecule has 1 aromatic rings. The summed E-state index contributed by atoms with van der Waals surface area (Å²) in [5.41, 5.74) is 5.77. The molecule has 1 aliphatic rings. The van der Waals surface area contributed by atoms with Gasteiger partial charge in [0.1, 0.15) is 5.69 Å². The number of aromatic nitrogens is 2. The van der Waals surface area contributed by atoms with Crippen LogP contribution in [0.3, 0.4) is 0 Å². The zero-order chi connectivity index (χ0) is 14.2. The molecule has 2 rings (SSSR count). The van der Waals surface area contributed by atoms with Crippen LogP contribution in [0.4, 0.5) is 0 Å². The van der Waals surface area contributed by atoms with Crippen molar-refractivity contribution < 1.29 is 14.3 Å². The molecule has 0 aromatic carbocycles. The molecule has 1 fully saturated rings. The summed E-state index contributed by atoms with van der Waals surface area (Å²) in [6.07, 6.45) is 1.57. The van der Waals surface area contributed by atoms with E-state index >= 15 is 0 Å². The molecule has 2 N–H and O–H groups in total. The molecule has 2 atom stereocenters. The smallest absolute Gasteiger partial charge is 0.194 e. The number of methoxy groups -OCH3 is 1. The SMILES string of the molecule is COc1cnn(C(C)C)c1C(=O)C1(C)COCC1N. The van der Waals surface area contributed by atoms with E-state index in [2.05, 4.69) is 5.10 Å². The Morgan fingerprint density at radius 1 is 1.68 bits per heavy atom. The van der Waals surface area contributed by atoms with Gasteiger partial charge in [0.2, 0.25) is 0 Å². The van der Waals surface area contributed by atoms with Gasteiger partial charge in [-0.2, -0.15) is 5.10 Å². The maximum absolute atomic E-state index is 12.8. The quantitative estimate of drug-likeness (QED) is 0.824. The number of ether oxygens (including phenoxy) is 2. The van der Waals surface area contributed by atoms with E-state index in [1.165, 1.54) is 7.11 Å². The Hall–Kier alpha value is -1.40. The molecule has 2 unspecified atom stereocenters. The summed E-state index contributed by atoms with van der Waals surface area (Å²) in [7, 11) is 1.53. The lowest BCUT2D eigenvalue weighted by Crippen LogP contribution is -2.45. The third-order valence-corrected chi connectivity index (χ3v) is 3.72. The first-order valence-corrected chi connectivity index (χ1v) is 6.41. The largest absolute Gasteiger partial charge is 0.493 e. The van der Waals surface area contributed by atoms with Gasteiger partial charge in [0.05, 0.1) is 31.9 Å². The van der Waals surface area contributed by atoms with Crippen molar-refractivity contribution in [2.24, 2.45) is 11.1 Å². The summed E-state index contributed by atoms with van der Waals surface area (Å²) in [4.78, 5) is 12.8. The number of carbonyl (C=O) groups is 1. The minimum absolute atomic E-state index is 0.0689. The van der Waals surface area contributed by atoms with Gasteiger partial charge in [0, 0.05) is 12.1 Å². The van der Waals surface area contributed by atoms with Crippen LogP contribution >= 0.6 is 0 Å². The van der Waals surface area contributed by atoms with E-state index < -0.39 is 5.41 Å². The van der Waals surface area contributed by atoms with Gasteiger partial charge in [0.15, 0.2) is 11.5 Å². The molecule has 1 saturated heterocycles. The van der Waals surface area contributed by atoms with Gasteiger partial charge in [0.25, 0.3) is 0 Å². The fourth-order valence-electron chi connectivity index (χ4n) is 2.30. The Labute approximate surface area is 112 Å². The molecule has 6 nitrogen and oxygen atoms in total. The van der Waals surface area contributed by atoms with Crippen LogP contribution in [0, 0.1) is 5.41 Å². The molecule has 1 aromatic heterocycles. The van der Waals surface area contributed by atoms with Crippen molar-refractivity contribution in [2.75, 3.05) is 20.3 Å². The topological polar surface area (TPSA) is 79.4 Å². The van der Waals surface area contributed by atoms with Gasteiger partial charge in [-0.05, 0) is 20.8 Å². The second-order valence-electron chi connectivity index (χ2n) is 5.47. The first-order chi connectivity index (χ1) is 8.91. The fourth-order valence-corrected chi connectivity index (χ4v) is 2.30. The molecule has 0 bridgehead atoms. The molecular weight excluding hydrogens is 246 g/mol. The molecular formula is C13H21N3O3. The minimum atomic E-state index is -0.722. The Morgan fingerprint density at radius 2 is 2.37 bits per heavy atom.